The van der Waals surface area contributed by atoms with Crippen molar-refractivity contribution < 1.29 is 94.1 Å². The average molecular weight is 743 g/mol. The average Bonchev–Trinajstić information content (AvgIpc) is 3.10. The molecule has 3 aliphatic heterocycles. The third-order valence-corrected chi connectivity index (χ3v) is 9.03. The van der Waals surface area contributed by atoms with Crippen molar-refractivity contribution in [2.75, 3.05) is 13.2 Å². The zero-order chi connectivity index (χ0) is 37.8. The fraction of sp³-hybridized carbons (Fsp3) is 0.531. The van der Waals surface area contributed by atoms with Crippen LogP contribution in [0.5, 0.6) is 28.7 Å². The molecule has 1 aromatic heterocycles. The molecule has 20 heteroatoms. The fourth-order valence-electron chi connectivity index (χ4n) is 6.11. The zero-order valence-electron chi connectivity index (χ0n) is 27.0. The Bertz CT molecular complexity index is 1800. The van der Waals surface area contributed by atoms with Gasteiger partial charge in [-0.05, 0) is 25.1 Å². The van der Waals surface area contributed by atoms with Crippen molar-refractivity contribution in [3.05, 3.63) is 40.6 Å². The largest absolute Gasteiger partial charge is 0.508 e. The SMILES string of the molecule is C[C@@H]1O[C@@H](Oc2c(-c3ccc(O)c(O)c3)oc3cc(O)cc(O)c3c2=O)[C@H](O[C@@H]2O[C@H](CO)[C@@H](O)[C@H](O)[C@H]2O)[C@H](O[C@@H]2OC[C@@H](O)[C@H](O)[C@H]2O)[C@H]1O. The van der Waals surface area contributed by atoms with E-state index >= 15 is 0 Å². The molecule has 0 spiro atoms. The van der Waals surface area contributed by atoms with Crippen LogP contribution in [0.3, 0.4) is 0 Å². The summed E-state index contributed by atoms with van der Waals surface area (Å²) < 4.78 is 40.5. The van der Waals surface area contributed by atoms with Crippen LogP contribution in [0.25, 0.3) is 22.3 Å². The molecule has 3 saturated heterocycles. The van der Waals surface area contributed by atoms with E-state index in [1.165, 1.54) is 13.0 Å². The summed E-state index contributed by atoms with van der Waals surface area (Å²) in [5.41, 5.74) is -1.50. The summed E-state index contributed by atoms with van der Waals surface area (Å²) in [5, 5.41) is 124. The van der Waals surface area contributed by atoms with E-state index in [0.717, 1.165) is 24.3 Å². The monoisotopic (exact) mass is 742 g/mol. The van der Waals surface area contributed by atoms with Crippen LogP contribution >= 0.6 is 0 Å². The Morgan fingerprint density at radius 3 is 2.12 bits per heavy atom. The third kappa shape index (κ3) is 6.97. The summed E-state index contributed by atoms with van der Waals surface area (Å²) in [7, 11) is 0. The predicted octanol–water partition coefficient (Wildman–Crippen LogP) is -3.22. The van der Waals surface area contributed by atoms with Gasteiger partial charge in [0.2, 0.25) is 17.5 Å². The minimum absolute atomic E-state index is 0.0819. The maximum atomic E-state index is 14.1. The van der Waals surface area contributed by atoms with E-state index in [-0.39, 0.29) is 11.1 Å². The summed E-state index contributed by atoms with van der Waals surface area (Å²) in [6, 6.07) is 5.14. The van der Waals surface area contributed by atoms with E-state index < -0.39 is 145 Å². The third-order valence-electron chi connectivity index (χ3n) is 9.03. The van der Waals surface area contributed by atoms with Gasteiger partial charge in [-0.1, -0.05) is 0 Å². The van der Waals surface area contributed by atoms with Crippen LogP contribution in [-0.2, 0) is 23.7 Å². The molecule has 4 heterocycles. The van der Waals surface area contributed by atoms with Crippen LogP contribution < -0.4 is 10.2 Å². The molecule has 0 radical (unpaired) electrons. The predicted molar refractivity (Wildman–Crippen MR) is 167 cm³/mol. The van der Waals surface area contributed by atoms with Crippen LogP contribution in [0, 0.1) is 0 Å². The van der Waals surface area contributed by atoms with Gasteiger partial charge in [0, 0.05) is 17.7 Å². The van der Waals surface area contributed by atoms with Crippen molar-refractivity contribution >= 4 is 11.0 Å². The van der Waals surface area contributed by atoms with Crippen LogP contribution in [0.15, 0.2) is 39.5 Å². The van der Waals surface area contributed by atoms with Gasteiger partial charge >= 0.3 is 0 Å². The van der Waals surface area contributed by atoms with Crippen LogP contribution in [0.2, 0.25) is 0 Å². The standard InChI is InChI=1S/C32H38O20/c1-9-19(39)27(50-30-24(44)20(40)15(38)8-46-30)29(52-31-25(45)23(43)21(41)17(7-33)49-31)32(47-9)51-28-22(42)18-14(37)5-11(34)6-16(18)48-26(28)10-2-3-12(35)13(36)4-10/h2-6,9,15,17,19-21,23-25,27,29-41,43-45H,7-8H2,1H3/t9-,15+,17+,19-,20-,21+,23-,24+,25+,27+,29+,30-,31-,32-/m0/s1. The molecule has 286 valence electrons. The van der Waals surface area contributed by atoms with Crippen molar-refractivity contribution in [3.8, 4) is 40.1 Å². The molecule has 14 atom stereocenters. The Hall–Kier alpha value is -3.87. The van der Waals surface area contributed by atoms with E-state index in [1.54, 1.807) is 0 Å². The second-order valence-corrected chi connectivity index (χ2v) is 12.6. The maximum absolute atomic E-state index is 14.1. The van der Waals surface area contributed by atoms with Crippen molar-refractivity contribution in [1.82, 2.24) is 0 Å². The first-order valence-electron chi connectivity index (χ1n) is 15.9. The number of hydrogen-bond acceptors (Lipinski definition) is 20. The summed E-state index contributed by atoms with van der Waals surface area (Å²) in [6.45, 7) is -0.0294. The van der Waals surface area contributed by atoms with E-state index in [2.05, 4.69) is 0 Å². The van der Waals surface area contributed by atoms with E-state index in [0.29, 0.717) is 0 Å². The molecule has 12 N–H and O–H groups in total. The quantitative estimate of drug-likeness (QED) is 0.101. The van der Waals surface area contributed by atoms with E-state index in [4.69, 9.17) is 32.8 Å². The minimum atomic E-state index is -2.02. The Morgan fingerprint density at radius 1 is 0.731 bits per heavy atom. The number of phenols is 4. The lowest BCUT2D eigenvalue weighted by atomic mass is 9.97. The highest BCUT2D eigenvalue weighted by Gasteiger charge is 2.54. The number of aromatic hydroxyl groups is 4. The Balaban J connectivity index is 1.47. The second kappa shape index (κ2) is 14.9. The highest BCUT2D eigenvalue weighted by Crippen LogP contribution is 2.40. The molecule has 0 unspecified atom stereocenters. The van der Waals surface area contributed by atoms with Gasteiger partial charge in [-0.25, -0.2) is 0 Å². The molecule has 3 fully saturated rings. The molecule has 0 aliphatic carbocycles. The normalized spacial score (nSPS) is 36.9. The van der Waals surface area contributed by atoms with Gasteiger partial charge in [-0.3, -0.25) is 4.79 Å². The minimum Gasteiger partial charge on any atom is -0.508 e. The maximum Gasteiger partial charge on any atom is 0.239 e. The summed E-state index contributed by atoms with van der Waals surface area (Å²) in [6.07, 6.45) is -24.6. The molecule has 52 heavy (non-hydrogen) atoms. The number of aliphatic hydroxyl groups is 8. The number of ether oxygens (including phenoxy) is 6. The molecule has 0 amide bonds. The number of benzene rings is 2. The lowest BCUT2D eigenvalue weighted by Gasteiger charge is -2.48. The molecule has 0 saturated carbocycles. The van der Waals surface area contributed by atoms with Gasteiger partial charge in [-0.2, -0.15) is 0 Å². The van der Waals surface area contributed by atoms with E-state index in [1.807, 2.05) is 0 Å². The van der Waals surface area contributed by atoms with Crippen molar-refractivity contribution in [1.29, 1.82) is 0 Å². The molecule has 6 rings (SSSR count). The van der Waals surface area contributed by atoms with Gasteiger partial charge in [0.25, 0.3) is 0 Å². The van der Waals surface area contributed by atoms with Gasteiger partial charge in [0.1, 0.15) is 77.4 Å². The first-order chi connectivity index (χ1) is 24.6. The smallest absolute Gasteiger partial charge is 0.239 e. The first kappa shape index (κ1) is 37.9. The number of aliphatic hydroxyl groups excluding tert-OH is 8. The number of rotatable bonds is 8. The Morgan fingerprint density at radius 2 is 1.42 bits per heavy atom. The molecule has 3 aliphatic rings. The lowest BCUT2D eigenvalue weighted by Crippen LogP contribution is -2.66. The summed E-state index contributed by atoms with van der Waals surface area (Å²) >= 11 is 0. The number of phenolic OH excluding ortho intramolecular Hbond substituents is 4. The van der Waals surface area contributed by atoms with Gasteiger partial charge in [0.15, 0.2) is 35.9 Å². The second-order valence-electron chi connectivity index (χ2n) is 12.6. The lowest BCUT2D eigenvalue weighted by molar-refractivity contribution is -0.377. The van der Waals surface area contributed by atoms with Crippen molar-refractivity contribution in [3.63, 3.8) is 0 Å². The van der Waals surface area contributed by atoms with Crippen LogP contribution in [-0.4, -0.2) is 161 Å². The fourth-order valence-corrected chi connectivity index (χ4v) is 6.11. The molecular weight excluding hydrogens is 704 g/mol. The van der Waals surface area contributed by atoms with Crippen molar-refractivity contribution in [2.24, 2.45) is 0 Å². The van der Waals surface area contributed by atoms with Gasteiger partial charge in [-0.15, -0.1) is 0 Å². The molecule has 0 bridgehead atoms. The number of fused-ring (bicyclic) bond motifs is 1. The van der Waals surface area contributed by atoms with Crippen LogP contribution in [0.4, 0.5) is 0 Å². The first-order valence-corrected chi connectivity index (χ1v) is 15.9. The Labute approximate surface area is 292 Å². The zero-order valence-corrected chi connectivity index (χ0v) is 27.0. The molecule has 2 aromatic carbocycles. The highest BCUT2D eigenvalue weighted by atomic mass is 16.8. The van der Waals surface area contributed by atoms with Crippen LogP contribution in [0.1, 0.15) is 6.92 Å². The summed E-state index contributed by atoms with van der Waals surface area (Å²) in [5.74, 6) is -3.60. The highest BCUT2D eigenvalue weighted by molar-refractivity contribution is 5.88. The number of hydrogen-bond donors (Lipinski definition) is 12. The Kier molecular flexibility index (Phi) is 10.8. The summed E-state index contributed by atoms with van der Waals surface area (Å²) in [4.78, 5) is 14.1. The molecule has 20 nitrogen and oxygen atoms in total. The van der Waals surface area contributed by atoms with E-state index in [9.17, 15) is 66.1 Å². The van der Waals surface area contributed by atoms with Gasteiger partial charge < -0.3 is 94.1 Å². The molecule has 3 aromatic rings. The van der Waals surface area contributed by atoms with Gasteiger partial charge in [0.05, 0.1) is 19.3 Å². The van der Waals surface area contributed by atoms with Crippen molar-refractivity contribution in [2.45, 2.75) is 92.9 Å². The molecular formula is C32H38O20. The topological polar surface area (TPSA) is 328 Å².